The molecule has 4 rings (SSSR count). The van der Waals surface area contributed by atoms with Crippen molar-refractivity contribution in [2.75, 3.05) is 18.5 Å². The number of carbonyl (C=O) groups is 1. The van der Waals surface area contributed by atoms with E-state index in [0.29, 0.717) is 28.6 Å². The van der Waals surface area contributed by atoms with E-state index < -0.39 is 10.8 Å². The fraction of sp³-hybridized carbons (Fsp3) is 0.235. The van der Waals surface area contributed by atoms with Gasteiger partial charge < -0.3 is 9.47 Å². The van der Waals surface area contributed by atoms with Crippen molar-refractivity contribution in [3.8, 4) is 5.88 Å². The van der Waals surface area contributed by atoms with Crippen molar-refractivity contribution in [2.45, 2.75) is 12.5 Å². The van der Waals surface area contributed by atoms with Gasteiger partial charge >= 0.3 is 0 Å². The summed E-state index contributed by atoms with van der Waals surface area (Å²) in [4.78, 5) is 31.2. The predicted octanol–water partition coefficient (Wildman–Crippen LogP) is 3.67. The monoisotopic (exact) mass is 420 g/mol. The summed E-state index contributed by atoms with van der Waals surface area (Å²) < 4.78 is 11.5. The third kappa shape index (κ3) is 3.88. The number of aromatic nitrogens is 2. The number of fused-ring (bicyclic) bond motifs is 1. The van der Waals surface area contributed by atoms with Gasteiger partial charge in [-0.2, -0.15) is 0 Å². The lowest BCUT2D eigenvalue weighted by molar-refractivity contribution is -0.384. The molecular formula is C17H13ClN4O5S. The van der Waals surface area contributed by atoms with Gasteiger partial charge in [-0.3, -0.25) is 20.2 Å². The van der Waals surface area contributed by atoms with E-state index in [0.717, 1.165) is 17.8 Å². The number of thiazole rings is 1. The lowest BCUT2D eigenvalue weighted by Gasteiger charge is -2.12. The maximum Gasteiger partial charge on any atom is 0.270 e. The Morgan fingerprint density at radius 3 is 3.00 bits per heavy atom. The molecular weight excluding hydrogens is 408 g/mol. The first-order valence-electron chi connectivity index (χ1n) is 8.26. The second-order valence-corrected chi connectivity index (χ2v) is 7.43. The number of hydrogen-bond donors (Lipinski definition) is 1. The summed E-state index contributed by atoms with van der Waals surface area (Å²) in [5.41, 5.74) is 0.767. The first-order chi connectivity index (χ1) is 13.5. The highest BCUT2D eigenvalue weighted by Crippen LogP contribution is 2.30. The van der Waals surface area contributed by atoms with Gasteiger partial charge in [0.1, 0.15) is 11.1 Å². The number of carbonyl (C=O) groups excluding carboxylic acids is 1. The van der Waals surface area contributed by atoms with E-state index >= 15 is 0 Å². The molecule has 1 aromatic carbocycles. The van der Waals surface area contributed by atoms with Gasteiger partial charge in [-0.1, -0.05) is 22.9 Å². The molecule has 1 atom stereocenters. The number of anilines is 1. The van der Waals surface area contributed by atoms with Gasteiger partial charge in [0.15, 0.2) is 5.13 Å². The minimum Gasteiger partial charge on any atom is -0.471 e. The summed E-state index contributed by atoms with van der Waals surface area (Å²) in [6.07, 6.45) is 2.03. The number of nitro benzene ring substituents is 1. The Morgan fingerprint density at radius 1 is 1.43 bits per heavy atom. The number of pyridine rings is 1. The van der Waals surface area contributed by atoms with Crippen LogP contribution in [0.25, 0.3) is 10.2 Å². The van der Waals surface area contributed by atoms with E-state index in [-0.39, 0.29) is 28.3 Å². The lowest BCUT2D eigenvalue weighted by Crippen LogP contribution is -2.17. The lowest BCUT2D eigenvalue weighted by atomic mass is 10.2. The number of nitrogens with zero attached hydrogens (tertiary/aromatic N) is 3. The molecule has 28 heavy (non-hydrogen) atoms. The average molecular weight is 421 g/mol. The van der Waals surface area contributed by atoms with Gasteiger partial charge in [-0.15, -0.1) is 0 Å². The third-order valence-electron chi connectivity index (χ3n) is 4.04. The van der Waals surface area contributed by atoms with Gasteiger partial charge in [0.05, 0.1) is 33.9 Å². The Balaban J connectivity index is 1.49. The normalized spacial score (nSPS) is 16.2. The van der Waals surface area contributed by atoms with Crippen LogP contribution in [0.4, 0.5) is 10.8 Å². The molecule has 1 aliphatic heterocycles. The zero-order valence-corrected chi connectivity index (χ0v) is 15.8. The number of nitrogens with one attached hydrogen (secondary N) is 1. The van der Waals surface area contributed by atoms with Gasteiger partial charge in [0.25, 0.3) is 11.6 Å². The molecule has 3 aromatic rings. The van der Waals surface area contributed by atoms with Crippen molar-refractivity contribution >= 4 is 49.9 Å². The predicted molar refractivity (Wildman–Crippen MR) is 103 cm³/mol. The molecule has 1 amide bonds. The Morgan fingerprint density at radius 2 is 2.29 bits per heavy atom. The van der Waals surface area contributed by atoms with E-state index in [1.54, 1.807) is 0 Å². The Kier molecular flexibility index (Phi) is 5.07. The van der Waals surface area contributed by atoms with Crippen LogP contribution in [0.2, 0.25) is 5.02 Å². The topological polar surface area (TPSA) is 116 Å². The zero-order chi connectivity index (χ0) is 19.7. The first kappa shape index (κ1) is 18.5. The Hall–Kier alpha value is -2.82. The third-order valence-corrected chi connectivity index (χ3v) is 5.24. The van der Waals surface area contributed by atoms with Crippen LogP contribution < -0.4 is 10.1 Å². The van der Waals surface area contributed by atoms with Crippen molar-refractivity contribution in [3.05, 3.63) is 51.2 Å². The summed E-state index contributed by atoms with van der Waals surface area (Å²) in [7, 11) is 0. The molecule has 1 N–H and O–H groups in total. The van der Waals surface area contributed by atoms with Crippen molar-refractivity contribution in [1.29, 1.82) is 0 Å². The molecule has 144 valence electrons. The summed E-state index contributed by atoms with van der Waals surface area (Å²) in [5.74, 6) is -0.195. The SMILES string of the molecule is O=C(Nc1nc2ccc([N+](=O)[O-])cc2s1)c1cnc(OC2CCOC2)c(Cl)c1. The van der Waals surface area contributed by atoms with Crippen molar-refractivity contribution in [2.24, 2.45) is 0 Å². The van der Waals surface area contributed by atoms with Gasteiger partial charge in [-0.05, 0) is 12.1 Å². The minimum atomic E-state index is -0.480. The van der Waals surface area contributed by atoms with E-state index in [1.807, 2.05) is 0 Å². The molecule has 9 nitrogen and oxygen atoms in total. The smallest absolute Gasteiger partial charge is 0.270 e. The number of ether oxygens (including phenoxy) is 2. The molecule has 1 fully saturated rings. The molecule has 0 saturated carbocycles. The number of benzene rings is 1. The van der Waals surface area contributed by atoms with Gasteiger partial charge in [0, 0.05) is 24.8 Å². The van der Waals surface area contributed by atoms with Gasteiger partial charge in [-0.25, -0.2) is 9.97 Å². The van der Waals surface area contributed by atoms with Crippen LogP contribution >= 0.6 is 22.9 Å². The van der Waals surface area contributed by atoms with Crippen LogP contribution in [0.15, 0.2) is 30.5 Å². The van der Waals surface area contributed by atoms with Crippen LogP contribution in [0.5, 0.6) is 5.88 Å². The number of rotatable bonds is 5. The van der Waals surface area contributed by atoms with Crippen molar-refractivity contribution < 1.29 is 19.2 Å². The summed E-state index contributed by atoms with van der Waals surface area (Å²) in [6, 6.07) is 5.79. The van der Waals surface area contributed by atoms with E-state index in [1.165, 1.54) is 30.5 Å². The van der Waals surface area contributed by atoms with Crippen LogP contribution in [0, 0.1) is 10.1 Å². The molecule has 0 radical (unpaired) electrons. The second kappa shape index (κ2) is 7.66. The highest BCUT2D eigenvalue weighted by molar-refractivity contribution is 7.22. The molecule has 2 aromatic heterocycles. The minimum absolute atomic E-state index is 0.0340. The van der Waals surface area contributed by atoms with Crippen LogP contribution in [0.1, 0.15) is 16.8 Å². The van der Waals surface area contributed by atoms with E-state index in [4.69, 9.17) is 21.1 Å². The number of nitro groups is 1. The molecule has 1 saturated heterocycles. The number of halogens is 1. The first-order valence-corrected chi connectivity index (χ1v) is 9.45. The zero-order valence-electron chi connectivity index (χ0n) is 14.3. The second-order valence-electron chi connectivity index (χ2n) is 6.00. The standard InChI is InChI=1S/C17H13ClN4O5S/c18-12-5-9(7-19-16(12)27-11-3-4-26-8-11)15(23)21-17-20-13-2-1-10(22(24)25)6-14(13)28-17/h1-2,5-7,11H,3-4,8H2,(H,20,21,23). The van der Waals surface area contributed by atoms with Crippen molar-refractivity contribution in [1.82, 2.24) is 9.97 Å². The van der Waals surface area contributed by atoms with Crippen molar-refractivity contribution in [3.63, 3.8) is 0 Å². The average Bonchev–Trinajstić information content (AvgIpc) is 3.31. The van der Waals surface area contributed by atoms with Gasteiger partial charge in [0.2, 0.25) is 5.88 Å². The van der Waals surface area contributed by atoms with Crippen LogP contribution in [-0.4, -0.2) is 40.1 Å². The molecule has 11 heteroatoms. The molecule has 3 heterocycles. The quantitative estimate of drug-likeness (QED) is 0.494. The fourth-order valence-electron chi connectivity index (χ4n) is 2.65. The maximum atomic E-state index is 12.5. The Labute approximate surface area is 167 Å². The Bertz CT molecular complexity index is 1070. The van der Waals surface area contributed by atoms with Crippen LogP contribution in [0.3, 0.4) is 0 Å². The fourth-order valence-corrected chi connectivity index (χ4v) is 3.75. The highest BCUT2D eigenvalue weighted by atomic mass is 35.5. The number of non-ortho nitro benzene ring substituents is 1. The highest BCUT2D eigenvalue weighted by Gasteiger charge is 2.20. The summed E-state index contributed by atoms with van der Waals surface area (Å²) in [6.45, 7) is 1.12. The maximum absolute atomic E-state index is 12.5. The largest absolute Gasteiger partial charge is 0.471 e. The molecule has 0 bridgehead atoms. The molecule has 0 spiro atoms. The summed E-state index contributed by atoms with van der Waals surface area (Å²) in [5, 5.41) is 14.1. The summed E-state index contributed by atoms with van der Waals surface area (Å²) >= 11 is 7.32. The van der Waals surface area contributed by atoms with E-state index in [9.17, 15) is 14.9 Å². The molecule has 1 aliphatic rings. The number of hydrogen-bond acceptors (Lipinski definition) is 8. The molecule has 0 aliphatic carbocycles. The molecule has 1 unspecified atom stereocenters. The van der Waals surface area contributed by atoms with E-state index in [2.05, 4.69) is 15.3 Å². The number of amides is 1. The van der Waals surface area contributed by atoms with Crippen LogP contribution in [-0.2, 0) is 4.74 Å².